The van der Waals surface area contributed by atoms with E-state index >= 15 is 0 Å². The lowest BCUT2D eigenvalue weighted by Gasteiger charge is -2.12. The van der Waals surface area contributed by atoms with Gasteiger partial charge in [-0.05, 0) is 19.1 Å². The van der Waals surface area contributed by atoms with Crippen molar-refractivity contribution in [2.24, 2.45) is 0 Å². The molecule has 21 heavy (non-hydrogen) atoms. The van der Waals surface area contributed by atoms with Gasteiger partial charge in [-0.3, -0.25) is 4.21 Å². The van der Waals surface area contributed by atoms with Gasteiger partial charge in [-0.25, -0.2) is 22.3 Å². The van der Waals surface area contributed by atoms with Gasteiger partial charge in [0, 0.05) is 33.3 Å². The Morgan fingerprint density at radius 1 is 1.52 bits per heavy atom. The maximum atomic E-state index is 14.0. The molecule has 0 aromatic heterocycles. The highest BCUT2D eigenvalue weighted by Crippen LogP contribution is 2.24. The van der Waals surface area contributed by atoms with Crippen LogP contribution in [0.5, 0.6) is 0 Å². The lowest BCUT2D eigenvalue weighted by Crippen LogP contribution is -2.33. The van der Waals surface area contributed by atoms with Gasteiger partial charge >= 0.3 is 5.97 Å². The topological polar surface area (TPSA) is 101 Å². The second-order valence-electron chi connectivity index (χ2n) is 4.23. The van der Waals surface area contributed by atoms with Gasteiger partial charge in [0.1, 0.15) is 4.90 Å². The summed E-state index contributed by atoms with van der Waals surface area (Å²) in [6.45, 7) is 1.42. The first-order valence-electron chi connectivity index (χ1n) is 5.60. The summed E-state index contributed by atoms with van der Waals surface area (Å²) in [6.07, 6.45) is 1.42. The molecule has 0 amide bonds. The predicted molar refractivity (Wildman–Crippen MR) is 79.8 cm³/mol. The third-order valence-corrected chi connectivity index (χ3v) is 5.83. The van der Waals surface area contributed by atoms with Crippen LogP contribution in [0.2, 0.25) is 0 Å². The van der Waals surface area contributed by atoms with Crippen LogP contribution in [0, 0.1) is 5.82 Å². The molecule has 2 atom stereocenters. The van der Waals surface area contributed by atoms with Crippen molar-refractivity contribution in [1.82, 2.24) is 4.72 Å². The molecule has 0 aliphatic rings. The summed E-state index contributed by atoms with van der Waals surface area (Å²) in [5.41, 5.74) is -0.753. The predicted octanol–water partition coefficient (Wildman–Crippen LogP) is 1.33. The van der Waals surface area contributed by atoms with E-state index in [1.165, 1.54) is 6.26 Å². The zero-order chi connectivity index (χ0) is 16.4. The van der Waals surface area contributed by atoms with Crippen LogP contribution < -0.4 is 4.72 Å². The molecule has 2 N–H and O–H groups in total. The summed E-state index contributed by atoms with van der Waals surface area (Å²) < 4.78 is 51.5. The van der Waals surface area contributed by atoms with E-state index in [0.29, 0.717) is 0 Å². The molecule has 1 aromatic rings. The van der Waals surface area contributed by atoms with E-state index in [4.69, 9.17) is 5.11 Å². The molecule has 0 aliphatic carbocycles. The van der Waals surface area contributed by atoms with Crippen LogP contribution >= 0.6 is 15.9 Å². The third-order valence-electron chi connectivity index (χ3n) is 2.65. The van der Waals surface area contributed by atoms with Crippen LogP contribution in [0.1, 0.15) is 17.3 Å². The number of sulfonamides is 1. The Balaban J connectivity index is 3.20. The molecule has 0 fully saturated rings. The van der Waals surface area contributed by atoms with E-state index < -0.39 is 48.3 Å². The standard InChI is InChI=1S/C11H13BrFNO5S2/c1-6(20(2)17)5-14-21(18,19)9-4-7(12)3-8(10(9)13)11(15)16/h3-4,6,14H,5H2,1-2H3,(H,15,16). The summed E-state index contributed by atoms with van der Waals surface area (Å²) in [5.74, 6) is -2.92. The van der Waals surface area contributed by atoms with E-state index in [-0.39, 0.29) is 11.0 Å². The van der Waals surface area contributed by atoms with Crippen molar-refractivity contribution in [2.75, 3.05) is 12.8 Å². The highest BCUT2D eigenvalue weighted by Gasteiger charge is 2.25. The summed E-state index contributed by atoms with van der Waals surface area (Å²) >= 11 is 2.94. The number of nitrogens with one attached hydrogen (secondary N) is 1. The molecule has 2 unspecified atom stereocenters. The number of hydrogen-bond donors (Lipinski definition) is 2. The van der Waals surface area contributed by atoms with Crippen molar-refractivity contribution >= 4 is 42.7 Å². The molecule has 1 aromatic carbocycles. The Morgan fingerprint density at radius 2 is 2.10 bits per heavy atom. The normalized spacial score (nSPS) is 14.7. The molecule has 6 nitrogen and oxygen atoms in total. The zero-order valence-corrected chi connectivity index (χ0v) is 14.3. The number of rotatable bonds is 6. The minimum absolute atomic E-state index is 0.119. The molecule has 118 valence electrons. The van der Waals surface area contributed by atoms with Gasteiger partial charge in [-0.15, -0.1) is 0 Å². The molecule has 0 radical (unpaired) electrons. The summed E-state index contributed by atoms with van der Waals surface area (Å²) in [7, 11) is -5.50. The Morgan fingerprint density at radius 3 is 2.57 bits per heavy atom. The number of aromatic carboxylic acids is 1. The first-order valence-corrected chi connectivity index (χ1v) is 9.50. The highest BCUT2D eigenvalue weighted by atomic mass is 79.9. The molecule has 0 aliphatic heterocycles. The number of halogens is 2. The Kier molecular flexibility index (Phi) is 6.02. The number of carbonyl (C=O) groups is 1. The Hall–Kier alpha value is -0.840. The molecule has 10 heteroatoms. The maximum absolute atomic E-state index is 14.0. The Bertz CT molecular complexity index is 692. The lowest BCUT2D eigenvalue weighted by molar-refractivity contribution is 0.0691. The fourth-order valence-electron chi connectivity index (χ4n) is 1.34. The van der Waals surface area contributed by atoms with Crippen LogP contribution in [0.3, 0.4) is 0 Å². The van der Waals surface area contributed by atoms with Crippen LogP contribution in [0.25, 0.3) is 0 Å². The minimum Gasteiger partial charge on any atom is -0.478 e. The van der Waals surface area contributed by atoms with Crippen LogP contribution in [-0.4, -0.2) is 41.8 Å². The van der Waals surface area contributed by atoms with E-state index in [1.807, 2.05) is 0 Å². The van der Waals surface area contributed by atoms with Crippen molar-refractivity contribution in [2.45, 2.75) is 17.1 Å². The van der Waals surface area contributed by atoms with Crippen molar-refractivity contribution in [3.63, 3.8) is 0 Å². The largest absolute Gasteiger partial charge is 0.478 e. The third kappa shape index (κ3) is 4.56. The van der Waals surface area contributed by atoms with Gasteiger partial charge in [0.15, 0.2) is 5.82 Å². The molecular weight excluding hydrogens is 389 g/mol. The summed E-state index contributed by atoms with van der Waals surface area (Å²) in [6, 6.07) is 1.94. The molecular formula is C11H13BrFNO5S2. The fourth-order valence-corrected chi connectivity index (χ4v) is 3.62. The second kappa shape index (κ2) is 6.95. The molecule has 1 rings (SSSR count). The maximum Gasteiger partial charge on any atom is 0.338 e. The first kappa shape index (κ1) is 18.2. The van der Waals surface area contributed by atoms with Crippen LogP contribution in [0.4, 0.5) is 4.39 Å². The van der Waals surface area contributed by atoms with Gasteiger partial charge in [0.25, 0.3) is 0 Å². The fraction of sp³-hybridized carbons (Fsp3) is 0.364. The van der Waals surface area contributed by atoms with E-state index in [0.717, 1.165) is 12.1 Å². The highest BCUT2D eigenvalue weighted by molar-refractivity contribution is 9.10. The SMILES string of the molecule is CC(CNS(=O)(=O)c1cc(Br)cc(C(=O)O)c1F)S(C)=O. The number of carboxylic acids is 1. The van der Waals surface area contributed by atoms with Gasteiger partial charge in [-0.2, -0.15) is 0 Å². The zero-order valence-electron chi connectivity index (χ0n) is 11.1. The van der Waals surface area contributed by atoms with Crippen molar-refractivity contribution in [1.29, 1.82) is 0 Å². The number of carboxylic acid groups (broad SMARTS) is 1. The van der Waals surface area contributed by atoms with Gasteiger partial charge in [0.05, 0.1) is 5.56 Å². The molecule has 0 saturated carbocycles. The lowest BCUT2D eigenvalue weighted by atomic mass is 10.2. The minimum atomic E-state index is -4.25. The monoisotopic (exact) mass is 401 g/mol. The van der Waals surface area contributed by atoms with Gasteiger partial charge in [-0.1, -0.05) is 15.9 Å². The second-order valence-corrected chi connectivity index (χ2v) is 8.68. The van der Waals surface area contributed by atoms with E-state index in [2.05, 4.69) is 20.7 Å². The molecule has 0 bridgehead atoms. The average molecular weight is 402 g/mol. The number of hydrogen-bond acceptors (Lipinski definition) is 4. The average Bonchev–Trinajstić information content (AvgIpc) is 2.37. The summed E-state index contributed by atoms with van der Waals surface area (Å²) in [5, 5.41) is 8.39. The van der Waals surface area contributed by atoms with Crippen molar-refractivity contribution in [3.05, 3.63) is 28.0 Å². The van der Waals surface area contributed by atoms with Crippen molar-refractivity contribution < 1.29 is 26.9 Å². The van der Waals surface area contributed by atoms with Crippen LogP contribution in [-0.2, 0) is 20.8 Å². The Labute approximate surface area is 132 Å². The molecule has 0 saturated heterocycles. The van der Waals surface area contributed by atoms with Gasteiger partial charge in [0.2, 0.25) is 10.0 Å². The number of benzene rings is 1. The first-order chi connectivity index (χ1) is 9.56. The smallest absolute Gasteiger partial charge is 0.338 e. The van der Waals surface area contributed by atoms with E-state index in [9.17, 15) is 21.8 Å². The van der Waals surface area contributed by atoms with E-state index in [1.54, 1.807) is 6.92 Å². The molecule has 0 heterocycles. The van der Waals surface area contributed by atoms with Crippen molar-refractivity contribution in [3.8, 4) is 0 Å². The quantitative estimate of drug-likeness (QED) is 0.748. The summed E-state index contributed by atoms with van der Waals surface area (Å²) in [4.78, 5) is 10.1. The molecule has 0 spiro atoms. The van der Waals surface area contributed by atoms with Crippen LogP contribution in [0.15, 0.2) is 21.5 Å². The van der Waals surface area contributed by atoms with Gasteiger partial charge < -0.3 is 5.11 Å².